The lowest BCUT2D eigenvalue weighted by atomic mass is 10.0. The highest BCUT2D eigenvalue weighted by molar-refractivity contribution is 5.86. The number of hydrogen-bond acceptors (Lipinski definition) is 2. The van der Waals surface area contributed by atoms with Gasteiger partial charge in [0.1, 0.15) is 5.75 Å². The zero-order valence-electron chi connectivity index (χ0n) is 10.7. The van der Waals surface area contributed by atoms with Gasteiger partial charge in [-0.25, -0.2) is 0 Å². The van der Waals surface area contributed by atoms with Crippen molar-refractivity contribution in [2.24, 2.45) is 0 Å². The van der Waals surface area contributed by atoms with Crippen molar-refractivity contribution < 1.29 is 4.74 Å². The van der Waals surface area contributed by atoms with Gasteiger partial charge in [-0.05, 0) is 37.1 Å². The van der Waals surface area contributed by atoms with Crippen LogP contribution in [0.15, 0.2) is 54.6 Å². The van der Waals surface area contributed by atoms with Crippen molar-refractivity contribution in [2.75, 3.05) is 11.4 Å². The fourth-order valence-electron chi connectivity index (χ4n) is 2.88. The van der Waals surface area contributed by atoms with Gasteiger partial charge in [0.25, 0.3) is 0 Å². The van der Waals surface area contributed by atoms with Crippen LogP contribution in [0.2, 0.25) is 0 Å². The fourth-order valence-corrected chi connectivity index (χ4v) is 2.88. The number of allylic oxidation sites excluding steroid dienone is 1. The van der Waals surface area contributed by atoms with Crippen LogP contribution in [-0.2, 0) is 0 Å². The average molecular weight is 249 g/mol. The van der Waals surface area contributed by atoms with Gasteiger partial charge in [-0.15, -0.1) is 0 Å². The molecule has 2 heteroatoms. The van der Waals surface area contributed by atoms with Gasteiger partial charge in [-0.1, -0.05) is 30.3 Å². The standard InChI is InChI=1S/C17H15NO/c1-3-10-16-13(7-1)14-8-5-6-12-18(14)15-9-2-4-11-17(15)19-16/h1-4,7-11H,5-6,12H2. The minimum atomic E-state index is 0.945. The Morgan fingerprint density at radius 1 is 0.895 bits per heavy atom. The molecule has 0 radical (unpaired) electrons. The quantitative estimate of drug-likeness (QED) is 0.684. The van der Waals surface area contributed by atoms with Crippen LogP contribution in [0, 0.1) is 0 Å². The Hall–Kier alpha value is -2.22. The summed E-state index contributed by atoms with van der Waals surface area (Å²) >= 11 is 0. The van der Waals surface area contributed by atoms with Crippen molar-refractivity contribution in [2.45, 2.75) is 12.8 Å². The van der Waals surface area contributed by atoms with Gasteiger partial charge in [0.15, 0.2) is 5.75 Å². The Kier molecular flexibility index (Phi) is 2.34. The highest BCUT2D eigenvalue weighted by Gasteiger charge is 2.25. The lowest BCUT2D eigenvalue weighted by molar-refractivity contribution is 0.485. The molecule has 2 aliphatic rings. The van der Waals surface area contributed by atoms with E-state index < -0.39 is 0 Å². The second-order valence-electron chi connectivity index (χ2n) is 4.95. The Morgan fingerprint density at radius 3 is 2.63 bits per heavy atom. The number of ether oxygens (including phenoxy) is 1. The van der Waals surface area contributed by atoms with E-state index in [1.54, 1.807) is 0 Å². The SMILES string of the molecule is C1=C2c3ccccc3Oc3ccccc3N2CCC1. The van der Waals surface area contributed by atoms with Crippen molar-refractivity contribution in [3.63, 3.8) is 0 Å². The van der Waals surface area contributed by atoms with Gasteiger partial charge in [0, 0.05) is 17.8 Å². The summed E-state index contributed by atoms with van der Waals surface area (Å²) in [7, 11) is 0. The molecule has 0 fully saturated rings. The molecule has 0 unspecified atom stereocenters. The molecule has 2 aromatic carbocycles. The molecule has 0 aromatic heterocycles. The van der Waals surface area contributed by atoms with Gasteiger partial charge in [0.2, 0.25) is 0 Å². The van der Waals surface area contributed by atoms with Gasteiger partial charge in [-0.3, -0.25) is 0 Å². The minimum Gasteiger partial charge on any atom is -0.454 e. The van der Waals surface area contributed by atoms with Crippen LogP contribution in [0.4, 0.5) is 5.69 Å². The maximum Gasteiger partial charge on any atom is 0.151 e. The number of fused-ring (bicyclic) bond motifs is 5. The molecular formula is C17H15NO. The molecule has 2 nitrogen and oxygen atoms in total. The van der Waals surface area contributed by atoms with E-state index in [2.05, 4.69) is 35.2 Å². The van der Waals surface area contributed by atoms with Crippen molar-refractivity contribution >= 4 is 11.4 Å². The molecule has 2 aliphatic heterocycles. The van der Waals surface area contributed by atoms with E-state index >= 15 is 0 Å². The van der Waals surface area contributed by atoms with Gasteiger partial charge >= 0.3 is 0 Å². The van der Waals surface area contributed by atoms with Crippen LogP contribution in [0.25, 0.3) is 5.70 Å². The molecule has 4 rings (SSSR count). The molecule has 19 heavy (non-hydrogen) atoms. The summed E-state index contributed by atoms with van der Waals surface area (Å²) in [6.45, 7) is 1.06. The van der Waals surface area contributed by atoms with Crippen molar-refractivity contribution in [3.8, 4) is 11.5 Å². The fraction of sp³-hybridized carbons (Fsp3) is 0.176. The molecule has 2 heterocycles. The molecule has 0 atom stereocenters. The third-order valence-electron chi connectivity index (χ3n) is 3.75. The average Bonchev–Trinajstić information content (AvgIpc) is 2.62. The van der Waals surface area contributed by atoms with Crippen LogP contribution >= 0.6 is 0 Å². The summed E-state index contributed by atoms with van der Waals surface area (Å²) in [6.07, 6.45) is 4.66. The van der Waals surface area contributed by atoms with Crippen LogP contribution in [0.5, 0.6) is 11.5 Å². The molecule has 94 valence electrons. The molecule has 0 aliphatic carbocycles. The van der Waals surface area contributed by atoms with Crippen LogP contribution in [0.3, 0.4) is 0 Å². The molecule has 0 saturated carbocycles. The maximum absolute atomic E-state index is 6.11. The van der Waals surface area contributed by atoms with E-state index in [0.29, 0.717) is 0 Å². The zero-order valence-corrected chi connectivity index (χ0v) is 10.7. The Balaban J connectivity index is 1.99. The first kappa shape index (κ1) is 10.7. The second kappa shape index (κ2) is 4.16. The Labute approximate surface area is 112 Å². The van der Waals surface area contributed by atoms with Gasteiger partial charge < -0.3 is 9.64 Å². The summed E-state index contributed by atoms with van der Waals surface area (Å²) in [4.78, 5) is 2.38. The lowest BCUT2D eigenvalue weighted by Gasteiger charge is -2.29. The van der Waals surface area contributed by atoms with Gasteiger partial charge in [-0.2, -0.15) is 0 Å². The Morgan fingerprint density at radius 2 is 1.68 bits per heavy atom. The molecule has 0 N–H and O–H groups in total. The highest BCUT2D eigenvalue weighted by Crippen LogP contribution is 2.44. The topological polar surface area (TPSA) is 12.5 Å². The van der Waals surface area contributed by atoms with Crippen LogP contribution in [-0.4, -0.2) is 6.54 Å². The zero-order chi connectivity index (χ0) is 12.7. The second-order valence-corrected chi connectivity index (χ2v) is 4.95. The van der Waals surface area contributed by atoms with E-state index in [1.807, 2.05) is 24.3 Å². The predicted molar refractivity (Wildman–Crippen MR) is 77.5 cm³/mol. The van der Waals surface area contributed by atoms with Crippen molar-refractivity contribution in [1.82, 2.24) is 0 Å². The first-order valence-electron chi connectivity index (χ1n) is 6.77. The molecule has 2 aromatic rings. The van der Waals surface area contributed by atoms with Crippen molar-refractivity contribution in [3.05, 3.63) is 60.2 Å². The first-order valence-corrected chi connectivity index (χ1v) is 6.77. The third-order valence-corrected chi connectivity index (χ3v) is 3.75. The molecule has 0 spiro atoms. The number of hydrogen-bond donors (Lipinski definition) is 0. The number of nitrogens with zero attached hydrogens (tertiary/aromatic N) is 1. The monoisotopic (exact) mass is 249 g/mol. The van der Waals surface area contributed by atoms with E-state index in [-0.39, 0.29) is 0 Å². The van der Waals surface area contributed by atoms with Crippen LogP contribution < -0.4 is 9.64 Å². The largest absolute Gasteiger partial charge is 0.454 e. The minimum absolute atomic E-state index is 0.945. The highest BCUT2D eigenvalue weighted by atomic mass is 16.5. The summed E-state index contributed by atoms with van der Waals surface area (Å²) in [6, 6.07) is 16.6. The number of anilines is 1. The third kappa shape index (κ3) is 1.64. The van der Waals surface area contributed by atoms with E-state index in [1.165, 1.54) is 23.4 Å². The number of benzene rings is 2. The molecule has 0 saturated heterocycles. The number of para-hydroxylation sites is 3. The van der Waals surface area contributed by atoms with Crippen LogP contribution in [0.1, 0.15) is 18.4 Å². The first-order chi connectivity index (χ1) is 9.43. The lowest BCUT2D eigenvalue weighted by Crippen LogP contribution is -2.24. The summed E-state index contributed by atoms with van der Waals surface area (Å²) in [5, 5.41) is 0. The molecule has 0 amide bonds. The maximum atomic E-state index is 6.11. The summed E-state index contributed by atoms with van der Waals surface area (Å²) in [5.74, 6) is 1.89. The smallest absolute Gasteiger partial charge is 0.151 e. The molecule has 0 bridgehead atoms. The van der Waals surface area contributed by atoms with E-state index in [9.17, 15) is 0 Å². The predicted octanol–water partition coefficient (Wildman–Crippen LogP) is 4.43. The van der Waals surface area contributed by atoms with E-state index in [4.69, 9.17) is 4.74 Å². The Bertz CT molecular complexity index is 660. The normalized spacial score (nSPS) is 16.4. The van der Waals surface area contributed by atoms with Gasteiger partial charge in [0.05, 0.1) is 5.69 Å². The number of rotatable bonds is 0. The van der Waals surface area contributed by atoms with Crippen molar-refractivity contribution in [1.29, 1.82) is 0 Å². The summed E-state index contributed by atoms with van der Waals surface area (Å²) < 4.78 is 6.11. The molecular weight excluding hydrogens is 234 g/mol. The van der Waals surface area contributed by atoms with E-state index in [0.717, 1.165) is 24.5 Å². The summed E-state index contributed by atoms with van der Waals surface area (Å²) in [5.41, 5.74) is 3.65.